The maximum Gasteiger partial charge on any atom is 0.252 e. The minimum atomic E-state index is -2.10. The normalized spacial score (nSPS) is 13.0. The summed E-state index contributed by atoms with van der Waals surface area (Å²) in [7, 11) is 10.4. The lowest BCUT2D eigenvalue weighted by Crippen LogP contribution is -2.31. The smallest absolute Gasteiger partial charge is 0.252 e. The highest BCUT2D eigenvalue weighted by molar-refractivity contribution is 6.31. The maximum atomic E-state index is 17.3. The average Bonchev–Trinajstić information content (AvgIpc) is 1.44. The van der Waals surface area contributed by atoms with E-state index in [2.05, 4.69) is 47.0 Å². The fourth-order valence-corrected chi connectivity index (χ4v) is 13.8. The Kier molecular flexibility index (Phi) is 19.4. The van der Waals surface area contributed by atoms with Crippen LogP contribution in [0.4, 0.5) is 4.39 Å². The SMILES string of the molecule is Cn1cncc1[C@@](Cl)(c1ccc(Cl)cc1)c1cnc2c(c1)c(-c1cccc(C#N)c1)cc(=O)n2C.Cn1cncc1[C@@](F)(c1ccc(Cl)cc1)c1cnc2c(c1)c(-c1cccc(C#N)c1)cc(=O)n2C.Cn1cncc1[C@@](O)(c1ccc(Cl)cc1)c1cnc2c(c1)c(-c1cccc(Cl)n1)cc(=O)n2C. The molecule has 10 heterocycles. The first-order chi connectivity index (χ1) is 49.9. The predicted molar refractivity (Wildman–Crippen MR) is 402 cm³/mol. The van der Waals surface area contributed by atoms with Crippen molar-refractivity contribution in [3.8, 4) is 45.6 Å². The molecule has 3 atom stereocenters. The van der Waals surface area contributed by atoms with E-state index in [0.29, 0.717) is 121 Å². The van der Waals surface area contributed by atoms with Gasteiger partial charge >= 0.3 is 0 Å². The number of benzene rings is 5. The highest BCUT2D eigenvalue weighted by Crippen LogP contribution is 2.46. The number of hydrogen-bond donors (Lipinski definition) is 1. The molecule has 0 amide bonds. The fourth-order valence-electron chi connectivity index (χ4n) is 12.8. The number of rotatable bonds is 12. The Morgan fingerprint density at radius 2 is 0.817 bits per heavy atom. The Hall–Kier alpha value is -11.7. The number of pyridine rings is 7. The third kappa shape index (κ3) is 13.0. The van der Waals surface area contributed by atoms with Crippen LogP contribution in [0.2, 0.25) is 20.2 Å². The first kappa shape index (κ1) is 70.7. The number of nitriles is 2. The monoisotopic (exact) mass is 1470 g/mol. The highest BCUT2D eigenvalue weighted by Gasteiger charge is 2.42. The summed E-state index contributed by atoms with van der Waals surface area (Å²) in [5.74, 6) is 0. The standard InChI is InChI=1S/C27H19Cl2N5O.C27H19ClFN5O.C25H19Cl2N5O2/c2*1-33-16-31-15-24(33)27(29,19-6-8-21(28)9-7-19)20-11-23-22(18-5-3-4-17(10-18)13-30)12-25(35)34(2)26(23)32-14-20;1-31-14-28-13-21(31)25(34,15-6-8-17(26)9-7-15)16-10-19-18(20-4-3-5-22(27)30-20)11-23(33)32(2)24(19)29-12-16/h2*3-12,14-16H,1-2H3;3-14,34H,1-2H3/t2*27-;25-/m111/s1. The van der Waals surface area contributed by atoms with Gasteiger partial charge in [0, 0.05) is 133 Å². The largest absolute Gasteiger partial charge is 0.374 e. The van der Waals surface area contributed by atoms with E-state index in [1.165, 1.54) is 44.6 Å². The van der Waals surface area contributed by atoms with E-state index < -0.39 is 16.1 Å². The summed E-state index contributed by atoms with van der Waals surface area (Å²) < 4.78 is 26.9. The van der Waals surface area contributed by atoms with Gasteiger partial charge in [0.25, 0.3) is 16.7 Å². The lowest BCUT2D eigenvalue weighted by Gasteiger charge is -2.30. The molecular formula is C79H57Cl5FN15O4. The van der Waals surface area contributed by atoms with Gasteiger partial charge in [0.1, 0.15) is 27.0 Å². The Balaban J connectivity index is 0.000000139. The molecule has 10 aromatic heterocycles. The molecule has 15 rings (SSSR count). The quantitative estimate of drug-likeness (QED) is 0.0885. The molecule has 15 aromatic rings. The van der Waals surface area contributed by atoms with E-state index in [-0.39, 0.29) is 22.2 Å². The number of hydrogen-bond acceptors (Lipinski definition) is 13. The zero-order chi connectivity index (χ0) is 73.5. The van der Waals surface area contributed by atoms with Crippen molar-refractivity contribution in [3.05, 3.63) is 345 Å². The van der Waals surface area contributed by atoms with Gasteiger partial charge in [0.2, 0.25) is 5.67 Å². The summed E-state index contributed by atoms with van der Waals surface area (Å²) in [5, 5.41) is 34.9. The van der Waals surface area contributed by atoms with Crippen LogP contribution in [0, 0.1) is 22.7 Å². The lowest BCUT2D eigenvalue weighted by molar-refractivity contribution is 0.117. The van der Waals surface area contributed by atoms with Crippen molar-refractivity contribution in [1.29, 1.82) is 10.5 Å². The van der Waals surface area contributed by atoms with Crippen LogP contribution in [0.15, 0.2) is 246 Å². The van der Waals surface area contributed by atoms with Gasteiger partial charge in [-0.2, -0.15) is 10.5 Å². The van der Waals surface area contributed by atoms with Gasteiger partial charge in [-0.15, -0.1) is 11.6 Å². The Labute approximate surface area is 618 Å². The van der Waals surface area contributed by atoms with E-state index in [1.54, 1.807) is 202 Å². The number of aromatic nitrogens is 13. The second-order valence-electron chi connectivity index (χ2n) is 24.6. The Morgan fingerprint density at radius 3 is 1.28 bits per heavy atom. The second-order valence-corrected chi connectivity index (χ2v) is 26.9. The molecule has 25 heteroatoms. The van der Waals surface area contributed by atoms with Crippen molar-refractivity contribution in [1.82, 2.24) is 62.3 Å². The van der Waals surface area contributed by atoms with E-state index in [9.17, 15) is 30.0 Å². The molecule has 5 aromatic carbocycles. The third-order valence-corrected chi connectivity index (χ3v) is 19.9. The van der Waals surface area contributed by atoms with Gasteiger partial charge < -0.3 is 18.8 Å². The number of halogens is 6. The number of imidazole rings is 3. The van der Waals surface area contributed by atoms with Crippen molar-refractivity contribution >= 4 is 91.1 Å². The molecule has 1 N–H and O–H groups in total. The van der Waals surface area contributed by atoms with Gasteiger partial charge in [-0.1, -0.05) is 113 Å². The molecule has 19 nitrogen and oxygen atoms in total. The molecule has 0 unspecified atom stereocenters. The van der Waals surface area contributed by atoms with E-state index >= 15 is 4.39 Å². The summed E-state index contributed by atoms with van der Waals surface area (Å²) in [6.07, 6.45) is 14.4. The molecule has 0 saturated heterocycles. The molecule has 0 aliphatic heterocycles. The van der Waals surface area contributed by atoms with Crippen molar-refractivity contribution in [2.45, 2.75) is 16.1 Å². The summed E-state index contributed by atoms with van der Waals surface area (Å²) in [6, 6.07) is 54.5. The van der Waals surface area contributed by atoms with Crippen LogP contribution in [-0.2, 0) is 58.4 Å². The second kappa shape index (κ2) is 28.6. The summed E-state index contributed by atoms with van der Waals surface area (Å²) in [5.41, 5.74) is 6.54. The molecule has 0 aliphatic rings. The minimum Gasteiger partial charge on any atom is -0.374 e. The fraction of sp³-hybridized carbons (Fsp3) is 0.114. The van der Waals surface area contributed by atoms with Crippen molar-refractivity contribution in [2.75, 3.05) is 0 Å². The molecule has 0 bridgehead atoms. The average molecular weight is 1480 g/mol. The maximum absolute atomic E-state index is 17.3. The first-order valence-corrected chi connectivity index (χ1v) is 33.8. The summed E-state index contributed by atoms with van der Waals surface area (Å²) >= 11 is 32.0. The third-order valence-electron chi connectivity index (χ3n) is 18.3. The van der Waals surface area contributed by atoms with E-state index in [4.69, 9.17) is 58.0 Å². The number of fused-ring (bicyclic) bond motifs is 3. The van der Waals surface area contributed by atoms with Crippen LogP contribution in [0.5, 0.6) is 0 Å². The van der Waals surface area contributed by atoms with Gasteiger partial charge in [0.05, 0.1) is 83.6 Å². The molecule has 0 radical (unpaired) electrons. The van der Waals surface area contributed by atoms with Crippen molar-refractivity contribution < 1.29 is 9.50 Å². The molecule has 0 fully saturated rings. The van der Waals surface area contributed by atoms with Crippen LogP contribution in [0.25, 0.3) is 66.6 Å². The van der Waals surface area contributed by atoms with Gasteiger partial charge in [-0.25, -0.2) is 39.3 Å². The first-order valence-electron chi connectivity index (χ1n) is 31.9. The minimum absolute atomic E-state index is 0.198. The van der Waals surface area contributed by atoms with Gasteiger partial charge in [-0.3, -0.25) is 28.1 Å². The van der Waals surface area contributed by atoms with Gasteiger partial charge in [0.15, 0.2) is 5.60 Å². The van der Waals surface area contributed by atoms with Crippen LogP contribution < -0.4 is 16.7 Å². The number of aryl methyl sites for hydroxylation is 6. The Morgan fingerprint density at radius 1 is 0.423 bits per heavy atom. The van der Waals surface area contributed by atoms with Crippen LogP contribution in [0.1, 0.15) is 61.6 Å². The highest BCUT2D eigenvalue weighted by atomic mass is 35.5. The zero-order valence-electron chi connectivity index (χ0n) is 56.1. The zero-order valence-corrected chi connectivity index (χ0v) is 59.9. The lowest BCUT2D eigenvalue weighted by atomic mass is 9.83. The topological polar surface area (TPSA) is 239 Å². The molecule has 514 valence electrons. The molecule has 0 aliphatic carbocycles. The number of alkyl halides is 2. The molecular weight excluding hydrogens is 1420 g/mol. The predicted octanol–water partition coefficient (Wildman–Crippen LogP) is 14.8. The number of nitrogens with zero attached hydrogens (tertiary/aromatic N) is 15. The van der Waals surface area contributed by atoms with Crippen molar-refractivity contribution in [2.24, 2.45) is 42.3 Å². The summed E-state index contributed by atoms with van der Waals surface area (Å²) in [6.45, 7) is 0. The van der Waals surface area contributed by atoms with Crippen molar-refractivity contribution in [3.63, 3.8) is 0 Å². The molecule has 0 saturated carbocycles. The van der Waals surface area contributed by atoms with Crippen LogP contribution in [-0.4, -0.2) is 67.4 Å². The van der Waals surface area contributed by atoms with E-state index in [1.807, 2.05) is 55.1 Å². The van der Waals surface area contributed by atoms with Crippen LogP contribution in [0.3, 0.4) is 0 Å². The van der Waals surface area contributed by atoms with E-state index in [0.717, 1.165) is 22.2 Å². The molecule has 104 heavy (non-hydrogen) atoms. The van der Waals surface area contributed by atoms with Gasteiger partial charge in [-0.05, 0) is 130 Å². The Bertz CT molecular complexity index is 5890. The van der Waals surface area contributed by atoms with Crippen LogP contribution >= 0.6 is 58.0 Å². The summed E-state index contributed by atoms with van der Waals surface area (Å²) in [4.78, 5) is 67.8. The number of aliphatic hydroxyl groups is 1. The molecule has 0 spiro atoms.